The smallest absolute Gasteiger partial charge is 0.227 e. The number of hydrogen-bond donors (Lipinski definition) is 1. The number of amides is 1. The topological polar surface area (TPSA) is 41.6 Å². The number of nitrogens with zero attached hydrogens (tertiary/aromatic N) is 1. The van der Waals surface area contributed by atoms with E-state index in [4.69, 9.17) is 4.74 Å². The van der Waals surface area contributed by atoms with Crippen LogP contribution in [0.3, 0.4) is 0 Å². The zero-order valence-electron chi connectivity index (χ0n) is 14.2. The summed E-state index contributed by atoms with van der Waals surface area (Å²) < 4.78 is 5.55. The molecule has 25 heavy (non-hydrogen) atoms. The molecule has 0 atom stereocenters. The fourth-order valence-electron chi connectivity index (χ4n) is 3.46. The Labute approximate surface area is 154 Å². The second-order valence-electron chi connectivity index (χ2n) is 6.46. The molecule has 1 N–H and O–H groups in total. The Kier molecular flexibility index (Phi) is 5.61. The first-order chi connectivity index (χ1) is 11.8. The van der Waals surface area contributed by atoms with Crippen molar-refractivity contribution in [3.8, 4) is 5.75 Å². The average Bonchev–Trinajstić information content (AvgIpc) is 3.23. The van der Waals surface area contributed by atoms with Crippen molar-refractivity contribution < 1.29 is 9.53 Å². The van der Waals surface area contributed by atoms with Crippen molar-refractivity contribution in [2.24, 2.45) is 0 Å². The summed E-state index contributed by atoms with van der Waals surface area (Å²) in [5.74, 6) is 1.27. The SMILES string of the molecule is Cl.O=C1CCCN1c1cccc(CNCc2ccc3c(c2)CCO3)c1. The number of benzene rings is 2. The van der Waals surface area contributed by atoms with Gasteiger partial charge in [0.2, 0.25) is 5.91 Å². The predicted octanol–water partition coefficient (Wildman–Crippen LogP) is 3.46. The van der Waals surface area contributed by atoms with Gasteiger partial charge in [-0.1, -0.05) is 24.3 Å². The molecule has 4 rings (SSSR count). The van der Waals surface area contributed by atoms with Gasteiger partial charge in [-0.25, -0.2) is 0 Å². The second kappa shape index (κ2) is 7.89. The molecule has 1 fully saturated rings. The number of fused-ring (bicyclic) bond motifs is 1. The summed E-state index contributed by atoms with van der Waals surface area (Å²) >= 11 is 0. The highest BCUT2D eigenvalue weighted by Gasteiger charge is 2.21. The number of nitrogens with one attached hydrogen (secondary N) is 1. The summed E-state index contributed by atoms with van der Waals surface area (Å²) in [7, 11) is 0. The van der Waals surface area contributed by atoms with Crippen molar-refractivity contribution in [3.63, 3.8) is 0 Å². The van der Waals surface area contributed by atoms with Gasteiger partial charge >= 0.3 is 0 Å². The Hall–Kier alpha value is -2.04. The molecule has 132 valence electrons. The van der Waals surface area contributed by atoms with Crippen LogP contribution in [-0.2, 0) is 24.3 Å². The van der Waals surface area contributed by atoms with Crippen LogP contribution < -0.4 is 15.0 Å². The zero-order valence-corrected chi connectivity index (χ0v) is 15.0. The van der Waals surface area contributed by atoms with Crippen LogP contribution in [-0.4, -0.2) is 19.1 Å². The van der Waals surface area contributed by atoms with Crippen molar-refractivity contribution in [2.45, 2.75) is 32.4 Å². The molecule has 4 nitrogen and oxygen atoms in total. The summed E-state index contributed by atoms with van der Waals surface area (Å²) in [5.41, 5.74) is 4.82. The first kappa shape index (κ1) is 17.8. The van der Waals surface area contributed by atoms with Crippen LogP contribution >= 0.6 is 12.4 Å². The van der Waals surface area contributed by atoms with Crippen molar-refractivity contribution in [3.05, 3.63) is 59.2 Å². The van der Waals surface area contributed by atoms with Crippen LogP contribution in [0.5, 0.6) is 5.75 Å². The van der Waals surface area contributed by atoms with Gasteiger partial charge in [0.15, 0.2) is 0 Å². The molecule has 5 heteroatoms. The molecular weight excluding hydrogens is 336 g/mol. The van der Waals surface area contributed by atoms with Gasteiger partial charge < -0.3 is 15.0 Å². The lowest BCUT2D eigenvalue weighted by molar-refractivity contribution is -0.117. The molecule has 0 aliphatic carbocycles. The molecule has 0 saturated carbocycles. The highest BCUT2D eigenvalue weighted by Crippen LogP contribution is 2.26. The number of carbonyl (C=O) groups is 1. The van der Waals surface area contributed by atoms with E-state index in [1.165, 1.54) is 16.7 Å². The van der Waals surface area contributed by atoms with Crippen LogP contribution in [0.1, 0.15) is 29.5 Å². The molecule has 0 radical (unpaired) electrons. The molecule has 2 aliphatic heterocycles. The van der Waals surface area contributed by atoms with Gasteiger partial charge in [0.25, 0.3) is 0 Å². The van der Waals surface area contributed by atoms with Gasteiger partial charge in [-0.3, -0.25) is 4.79 Å². The molecule has 0 unspecified atom stereocenters. The number of hydrogen-bond acceptors (Lipinski definition) is 3. The van der Waals surface area contributed by atoms with Gasteiger partial charge in [-0.15, -0.1) is 12.4 Å². The van der Waals surface area contributed by atoms with E-state index in [9.17, 15) is 4.79 Å². The lowest BCUT2D eigenvalue weighted by Gasteiger charge is -2.16. The van der Waals surface area contributed by atoms with Crippen molar-refractivity contribution in [2.75, 3.05) is 18.1 Å². The van der Waals surface area contributed by atoms with Gasteiger partial charge in [0.05, 0.1) is 6.61 Å². The van der Waals surface area contributed by atoms with Crippen molar-refractivity contribution >= 4 is 24.0 Å². The minimum atomic E-state index is 0. The van der Waals surface area contributed by atoms with Crippen molar-refractivity contribution in [1.29, 1.82) is 0 Å². The summed E-state index contributed by atoms with van der Waals surface area (Å²) in [5, 5.41) is 3.49. The minimum Gasteiger partial charge on any atom is -0.493 e. The Bertz CT molecular complexity index is 763. The first-order valence-corrected chi connectivity index (χ1v) is 8.64. The molecular formula is C20H23ClN2O2. The fourth-order valence-corrected chi connectivity index (χ4v) is 3.46. The van der Waals surface area contributed by atoms with E-state index in [0.29, 0.717) is 6.42 Å². The Morgan fingerprint density at radius 1 is 1.04 bits per heavy atom. The minimum absolute atomic E-state index is 0. The third-order valence-electron chi connectivity index (χ3n) is 4.71. The third-order valence-corrected chi connectivity index (χ3v) is 4.71. The zero-order chi connectivity index (χ0) is 16.4. The summed E-state index contributed by atoms with van der Waals surface area (Å²) in [6.45, 7) is 3.27. The van der Waals surface area contributed by atoms with E-state index < -0.39 is 0 Å². The second-order valence-corrected chi connectivity index (χ2v) is 6.46. The summed E-state index contributed by atoms with van der Waals surface area (Å²) in [6, 6.07) is 14.7. The van der Waals surface area contributed by atoms with Gasteiger partial charge in [-0.05, 0) is 41.3 Å². The highest BCUT2D eigenvalue weighted by molar-refractivity contribution is 5.95. The van der Waals surface area contributed by atoms with E-state index in [1.807, 2.05) is 17.0 Å². The molecule has 2 heterocycles. The Balaban J connectivity index is 0.00000182. The number of rotatable bonds is 5. The summed E-state index contributed by atoms with van der Waals surface area (Å²) in [4.78, 5) is 13.8. The maximum Gasteiger partial charge on any atom is 0.227 e. The van der Waals surface area contributed by atoms with Crippen LogP contribution in [0.25, 0.3) is 0 Å². The molecule has 2 aromatic rings. The molecule has 0 aromatic heterocycles. The van der Waals surface area contributed by atoms with E-state index in [2.05, 4.69) is 35.6 Å². The summed E-state index contributed by atoms with van der Waals surface area (Å²) in [6.07, 6.45) is 2.64. The lowest BCUT2D eigenvalue weighted by atomic mass is 10.1. The first-order valence-electron chi connectivity index (χ1n) is 8.64. The van der Waals surface area contributed by atoms with Crippen LogP contribution in [0.15, 0.2) is 42.5 Å². The van der Waals surface area contributed by atoms with Gasteiger partial charge in [-0.2, -0.15) is 0 Å². The third kappa shape index (κ3) is 3.97. The fraction of sp³-hybridized carbons (Fsp3) is 0.350. The van der Waals surface area contributed by atoms with E-state index in [1.54, 1.807) is 0 Å². The average molecular weight is 359 g/mol. The standard InChI is InChI=1S/C20H22N2O2.ClH/c23-20-5-2-9-22(20)18-4-1-3-15(12-18)13-21-14-16-6-7-19-17(11-16)8-10-24-19;/h1,3-4,6-7,11-12,21H,2,5,8-10,13-14H2;1H. The molecule has 2 aromatic carbocycles. The maximum atomic E-state index is 11.9. The van der Waals surface area contributed by atoms with E-state index in [0.717, 1.165) is 50.5 Å². The van der Waals surface area contributed by atoms with Crippen LogP contribution in [0, 0.1) is 0 Å². The normalized spacial score (nSPS) is 15.7. The number of halogens is 1. The number of ether oxygens (including phenoxy) is 1. The Morgan fingerprint density at radius 3 is 2.68 bits per heavy atom. The number of carbonyl (C=O) groups excluding carboxylic acids is 1. The van der Waals surface area contributed by atoms with Crippen LogP contribution in [0.2, 0.25) is 0 Å². The monoisotopic (exact) mass is 358 g/mol. The molecule has 1 amide bonds. The predicted molar refractivity (Wildman–Crippen MR) is 101 cm³/mol. The maximum absolute atomic E-state index is 11.9. The van der Waals surface area contributed by atoms with Gasteiger partial charge in [0, 0.05) is 38.2 Å². The quantitative estimate of drug-likeness (QED) is 0.890. The molecule has 0 spiro atoms. The van der Waals surface area contributed by atoms with Crippen LogP contribution in [0.4, 0.5) is 5.69 Å². The van der Waals surface area contributed by atoms with Crippen molar-refractivity contribution in [1.82, 2.24) is 5.32 Å². The van der Waals surface area contributed by atoms with E-state index >= 15 is 0 Å². The Morgan fingerprint density at radius 2 is 1.88 bits per heavy atom. The molecule has 0 bridgehead atoms. The molecule has 2 aliphatic rings. The lowest BCUT2D eigenvalue weighted by Crippen LogP contribution is -2.23. The number of anilines is 1. The van der Waals surface area contributed by atoms with E-state index in [-0.39, 0.29) is 18.3 Å². The largest absolute Gasteiger partial charge is 0.493 e. The van der Waals surface area contributed by atoms with Gasteiger partial charge in [0.1, 0.15) is 5.75 Å². The highest BCUT2D eigenvalue weighted by atomic mass is 35.5. The molecule has 1 saturated heterocycles.